The van der Waals surface area contributed by atoms with Gasteiger partial charge in [-0.05, 0) is 81.5 Å². The largest absolute Gasteiger partial charge is 0.372 e. The van der Waals surface area contributed by atoms with Crippen LogP contribution < -0.4 is 9.80 Å². The standard InChI is InChI=1S/C26H36N2/c1-21-4-8-24(9-5-21)27-16-12-23(13-17-27)20-26(3)14-18-28(19-15-26)25-10-6-22(2)7-11-25/h4-11,23H,12-20H2,1-3H3. The molecule has 0 aliphatic carbocycles. The van der Waals surface area contributed by atoms with Crippen molar-refractivity contribution in [1.29, 1.82) is 0 Å². The summed E-state index contributed by atoms with van der Waals surface area (Å²) in [6, 6.07) is 18.1. The van der Waals surface area contributed by atoms with E-state index in [2.05, 4.69) is 79.1 Å². The molecule has 150 valence electrons. The van der Waals surface area contributed by atoms with Gasteiger partial charge in [-0.2, -0.15) is 0 Å². The zero-order valence-electron chi connectivity index (χ0n) is 18.0. The highest BCUT2D eigenvalue weighted by Crippen LogP contribution is 2.41. The quantitative estimate of drug-likeness (QED) is 0.625. The number of nitrogens with zero attached hydrogens (tertiary/aromatic N) is 2. The van der Waals surface area contributed by atoms with Gasteiger partial charge in [0.25, 0.3) is 0 Å². The molecule has 2 heteroatoms. The number of piperidine rings is 2. The molecule has 2 nitrogen and oxygen atoms in total. The Kier molecular flexibility index (Phi) is 5.66. The van der Waals surface area contributed by atoms with Crippen molar-refractivity contribution in [3.63, 3.8) is 0 Å². The lowest BCUT2D eigenvalue weighted by Gasteiger charge is -2.44. The van der Waals surface area contributed by atoms with Crippen molar-refractivity contribution < 1.29 is 0 Å². The Morgan fingerprint density at radius 3 is 1.61 bits per heavy atom. The van der Waals surface area contributed by atoms with Crippen molar-refractivity contribution in [2.24, 2.45) is 11.3 Å². The molecule has 2 aromatic rings. The first-order valence-corrected chi connectivity index (χ1v) is 11.1. The molecule has 2 fully saturated rings. The van der Waals surface area contributed by atoms with Gasteiger partial charge < -0.3 is 9.80 Å². The van der Waals surface area contributed by atoms with Crippen LogP contribution in [0.25, 0.3) is 0 Å². The number of aryl methyl sites for hydroxylation is 2. The van der Waals surface area contributed by atoms with Gasteiger partial charge in [-0.3, -0.25) is 0 Å². The van der Waals surface area contributed by atoms with Crippen molar-refractivity contribution >= 4 is 11.4 Å². The van der Waals surface area contributed by atoms with Crippen LogP contribution >= 0.6 is 0 Å². The highest BCUT2D eigenvalue weighted by atomic mass is 15.1. The van der Waals surface area contributed by atoms with Crippen LogP contribution in [-0.2, 0) is 0 Å². The second-order valence-corrected chi connectivity index (χ2v) is 9.60. The highest BCUT2D eigenvalue weighted by Gasteiger charge is 2.33. The molecule has 2 heterocycles. The summed E-state index contributed by atoms with van der Waals surface area (Å²) in [5.74, 6) is 0.901. The van der Waals surface area contributed by atoms with Gasteiger partial charge in [0.2, 0.25) is 0 Å². The van der Waals surface area contributed by atoms with E-state index >= 15 is 0 Å². The lowest BCUT2D eigenvalue weighted by atomic mass is 9.71. The minimum atomic E-state index is 0.526. The molecule has 0 spiro atoms. The SMILES string of the molecule is Cc1ccc(N2CCC(CC3(C)CCN(c4ccc(C)cc4)CC3)CC2)cc1. The van der Waals surface area contributed by atoms with Crippen LogP contribution in [0.4, 0.5) is 11.4 Å². The maximum atomic E-state index is 2.58. The van der Waals surface area contributed by atoms with Crippen LogP contribution in [-0.4, -0.2) is 26.2 Å². The topological polar surface area (TPSA) is 6.48 Å². The van der Waals surface area contributed by atoms with E-state index in [0.717, 1.165) is 5.92 Å². The van der Waals surface area contributed by atoms with Gasteiger partial charge in [-0.15, -0.1) is 0 Å². The number of anilines is 2. The average molecular weight is 377 g/mol. The molecule has 28 heavy (non-hydrogen) atoms. The summed E-state index contributed by atoms with van der Waals surface area (Å²) >= 11 is 0. The maximum absolute atomic E-state index is 2.58. The third-order valence-corrected chi connectivity index (χ3v) is 7.16. The van der Waals surface area contributed by atoms with E-state index in [0.29, 0.717) is 5.41 Å². The summed E-state index contributed by atoms with van der Waals surface area (Å²) in [5.41, 5.74) is 6.03. The van der Waals surface area contributed by atoms with E-state index in [1.165, 1.54) is 80.8 Å². The molecule has 0 atom stereocenters. The second-order valence-electron chi connectivity index (χ2n) is 9.60. The van der Waals surface area contributed by atoms with Crippen molar-refractivity contribution in [1.82, 2.24) is 0 Å². The van der Waals surface area contributed by atoms with Gasteiger partial charge in [0.1, 0.15) is 0 Å². The van der Waals surface area contributed by atoms with Crippen LogP contribution in [0, 0.1) is 25.2 Å². The fourth-order valence-electron chi connectivity index (χ4n) is 5.11. The van der Waals surface area contributed by atoms with Gasteiger partial charge in [-0.25, -0.2) is 0 Å². The van der Waals surface area contributed by atoms with Gasteiger partial charge in [-0.1, -0.05) is 42.3 Å². The van der Waals surface area contributed by atoms with Gasteiger partial charge in [0.15, 0.2) is 0 Å². The molecule has 0 saturated carbocycles. The molecule has 2 saturated heterocycles. The molecule has 0 unspecified atom stereocenters. The molecule has 0 amide bonds. The predicted octanol–water partition coefficient (Wildman–Crippen LogP) is 6.22. The molecule has 2 aliphatic rings. The average Bonchev–Trinajstić information content (AvgIpc) is 2.70. The smallest absolute Gasteiger partial charge is 0.0366 e. The summed E-state index contributed by atoms with van der Waals surface area (Å²) in [6.07, 6.45) is 6.78. The normalized spacial score (nSPS) is 20.4. The fourth-order valence-corrected chi connectivity index (χ4v) is 5.11. The monoisotopic (exact) mass is 376 g/mol. The number of rotatable bonds is 4. The van der Waals surface area contributed by atoms with E-state index in [9.17, 15) is 0 Å². The minimum absolute atomic E-state index is 0.526. The summed E-state index contributed by atoms with van der Waals surface area (Å²) < 4.78 is 0. The molecule has 2 aromatic carbocycles. The molecular weight excluding hydrogens is 340 g/mol. The first-order chi connectivity index (χ1) is 13.5. The van der Waals surface area contributed by atoms with Crippen molar-refractivity contribution in [2.45, 2.75) is 52.9 Å². The maximum Gasteiger partial charge on any atom is 0.0366 e. The highest BCUT2D eigenvalue weighted by molar-refractivity contribution is 5.48. The van der Waals surface area contributed by atoms with Gasteiger partial charge in [0, 0.05) is 37.6 Å². The molecular formula is C26H36N2. The Morgan fingerprint density at radius 2 is 1.14 bits per heavy atom. The van der Waals surface area contributed by atoms with Gasteiger partial charge >= 0.3 is 0 Å². The van der Waals surface area contributed by atoms with Crippen LogP contribution in [0.2, 0.25) is 0 Å². The van der Waals surface area contributed by atoms with E-state index < -0.39 is 0 Å². The van der Waals surface area contributed by atoms with Crippen molar-refractivity contribution in [2.75, 3.05) is 36.0 Å². The summed E-state index contributed by atoms with van der Waals surface area (Å²) in [4.78, 5) is 5.17. The van der Waals surface area contributed by atoms with Crippen molar-refractivity contribution in [3.05, 3.63) is 59.7 Å². The first kappa shape index (κ1) is 19.4. The van der Waals surface area contributed by atoms with E-state index in [1.807, 2.05) is 0 Å². The number of hydrogen-bond acceptors (Lipinski definition) is 2. The summed E-state index contributed by atoms with van der Waals surface area (Å²) in [7, 11) is 0. The lowest BCUT2D eigenvalue weighted by Crippen LogP contribution is -2.41. The van der Waals surface area contributed by atoms with E-state index in [-0.39, 0.29) is 0 Å². The Labute approximate surface area is 171 Å². The Bertz CT molecular complexity index is 746. The zero-order chi connectivity index (χ0) is 19.6. The zero-order valence-corrected chi connectivity index (χ0v) is 18.0. The molecule has 0 radical (unpaired) electrons. The van der Waals surface area contributed by atoms with Crippen molar-refractivity contribution in [3.8, 4) is 0 Å². The minimum Gasteiger partial charge on any atom is -0.372 e. The Balaban J connectivity index is 1.27. The van der Waals surface area contributed by atoms with E-state index in [4.69, 9.17) is 0 Å². The molecule has 4 rings (SSSR count). The third kappa shape index (κ3) is 4.54. The summed E-state index contributed by atoms with van der Waals surface area (Å²) in [6.45, 7) is 11.7. The first-order valence-electron chi connectivity index (χ1n) is 11.1. The summed E-state index contributed by atoms with van der Waals surface area (Å²) in [5, 5.41) is 0. The molecule has 2 aliphatic heterocycles. The van der Waals surface area contributed by atoms with Crippen LogP contribution in [0.15, 0.2) is 48.5 Å². The molecule has 0 bridgehead atoms. The number of benzene rings is 2. The number of hydrogen-bond donors (Lipinski definition) is 0. The second kappa shape index (κ2) is 8.19. The Morgan fingerprint density at radius 1 is 0.714 bits per heavy atom. The van der Waals surface area contributed by atoms with E-state index in [1.54, 1.807) is 0 Å². The van der Waals surface area contributed by atoms with Crippen LogP contribution in [0.3, 0.4) is 0 Å². The third-order valence-electron chi connectivity index (χ3n) is 7.16. The van der Waals surface area contributed by atoms with Crippen LogP contribution in [0.1, 0.15) is 50.2 Å². The van der Waals surface area contributed by atoms with Crippen LogP contribution in [0.5, 0.6) is 0 Å². The molecule has 0 N–H and O–H groups in total. The lowest BCUT2D eigenvalue weighted by molar-refractivity contribution is 0.172. The van der Waals surface area contributed by atoms with Gasteiger partial charge in [0.05, 0.1) is 0 Å². The Hall–Kier alpha value is -1.96. The predicted molar refractivity (Wildman–Crippen MR) is 121 cm³/mol. The molecule has 0 aromatic heterocycles. The fraction of sp³-hybridized carbons (Fsp3) is 0.538.